The molecule has 0 radical (unpaired) electrons. The van der Waals surface area contributed by atoms with E-state index in [4.69, 9.17) is 19.6 Å². The summed E-state index contributed by atoms with van der Waals surface area (Å²) in [6.07, 6.45) is 1.06. The van der Waals surface area contributed by atoms with Crippen molar-refractivity contribution in [2.45, 2.75) is 30.3 Å². The van der Waals surface area contributed by atoms with E-state index in [9.17, 15) is 14.2 Å². The average molecular weight is 385 g/mol. The number of piperidine rings is 1. The Morgan fingerprint density at radius 3 is 2.17 bits per heavy atom. The fourth-order valence-electron chi connectivity index (χ4n) is 2.73. The van der Waals surface area contributed by atoms with Crippen LogP contribution >= 0.6 is 26.5 Å². The van der Waals surface area contributed by atoms with Crippen molar-refractivity contribution < 1.29 is 33.8 Å². The lowest BCUT2D eigenvalue weighted by molar-refractivity contribution is 0.102. The van der Waals surface area contributed by atoms with Gasteiger partial charge in [-0.05, 0) is 43.3 Å². The summed E-state index contributed by atoms with van der Waals surface area (Å²) in [7, 11) is -10.7. The standard InChI is InChI=1S/C12H21NO7P2S/c14-12(21(15,16)17,22(18,19)20)5-8-13-6-3-10(4-7-13)11-2-1-9-23-11/h1-2,9-10,14H,3-8H2,(H2,15,16,17)(H2,18,19,20). The van der Waals surface area contributed by atoms with Gasteiger partial charge in [0.25, 0.3) is 5.08 Å². The molecule has 1 aromatic rings. The first kappa shape index (κ1) is 19.2. The van der Waals surface area contributed by atoms with Gasteiger partial charge >= 0.3 is 15.2 Å². The van der Waals surface area contributed by atoms with Crippen molar-refractivity contribution in [3.05, 3.63) is 22.4 Å². The maximum Gasteiger partial charge on any atom is 0.369 e. The number of thiophene rings is 1. The van der Waals surface area contributed by atoms with Crippen LogP contribution < -0.4 is 0 Å². The van der Waals surface area contributed by atoms with Gasteiger partial charge in [-0.1, -0.05) is 6.07 Å². The van der Waals surface area contributed by atoms with Crippen molar-refractivity contribution in [3.63, 3.8) is 0 Å². The molecule has 1 saturated heterocycles. The summed E-state index contributed by atoms with van der Waals surface area (Å²) in [5.41, 5.74) is 0. The van der Waals surface area contributed by atoms with Crippen LogP contribution in [-0.4, -0.2) is 54.3 Å². The largest absolute Gasteiger partial charge is 0.369 e. The molecule has 1 aliphatic rings. The molecule has 0 amide bonds. The highest BCUT2D eigenvalue weighted by molar-refractivity contribution is 7.72. The highest BCUT2D eigenvalue weighted by atomic mass is 32.1. The summed E-state index contributed by atoms with van der Waals surface area (Å²) in [5, 5.41) is 8.57. The molecular weight excluding hydrogens is 364 g/mol. The van der Waals surface area contributed by atoms with Gasteiger partial charge in [-0.25, -0.2) is 0 Å². The first-order valence-corrected chi connectivity index (χ1v) is 11.2. The molecule has 0 bridgehead atoms. The van der Waals surface area contributed by atoms with Gasteiger partial charge in [-0.15, -0.1) is 11.3 Å². The SMILES string of the molecule is O=P(O)(O)C(O)(CCN1CCC(c2cccs2)CC1)P(=O)(O)O. The Morgan fingerprint density at radius 1 is 1.17 bits per heavy atom. The van der Waals surface area contributed by atoms with Crippen LogP contribution in [0, 0.1) is 0 Å². The third-order valence-electron chi connectivity index (χ3n) is 4.23. The fraction of sp³-hybridized carbons (Fsp3) is 0.667. The highest BCUT2D eigenvalue weighted by Gasteiger charge is 2.59. The first-order chi connectivity index (χ1) is 10.5. The van der Waals surface area contributed by atoms with E-state index >= 15 is 0 Å². The summed E-state index contributed by atoms with van der Waals surface area (Å²) in [4.78, 5) is 39.6. The molecule has 0 atom stereocenters. The lowest BCUT2D eigenvalue weighted by Crippen LogP contribution is -2.38. The molecule has 8 nitrogen and oxygen atoms in total. The second-order valence-corrected chi connectivity index (χ2v) is 10.7. The number of rotatable bonds is 6. The summed E-state index contributed by atoms with van der Waals surface area (Å²) >= 11 is 1.69. The smallest absolute Gasteiger partial charge is 0.367 e. The van der Waals surface area contributed by atoms with Crippen LogP contribution in [0.2, 0.25) is 0 Å². The van der Waals surface area contributed by atoms with Crippen molar-refractivity contribution in [1.82, 2.24) is 4.90 Å². The third-order valence-corrected chi connectivity index (χ3v) is 9.14. The van der Waals surface area contributed by atoms with E-state index in [0.29, 0.717) is 19.0 Å². The summed E-state index contributed by atoms with van der Waals surface area (Å²) in [6, 6.07) is 4.07. The molecule has 0 saturated carbocycles. The van der Waals surface area contributed by atoms with Crippen LogP contribution in [0.25, 0.3) is 0 Å². The second-order valence-electron chi connectivity index (χ2n) is 5.74. The highest BCUT2D eigenvalue weighted by Crippen LogP contribution is 2.68. The summed E-state index contributed by atoms with van der Waals surface area (Å²) in [5.74, 6) is 0.439. The molecule has 2 heterocycles. The lowest BCUT2D eigenvalue weighted by Gasteiger charge is -2.35. The van der Waals surface area contributed by atoms with Crippen molar-refractivity contribution >= 4 is 26.5 Å². The van der Waals surface area contributed by atoms with Crippen LogP contribution in [0.3, 0.4) is 0 Å². The molecule has 1 aliphatic heterocycles. The topological polar surface area (TPSA) is 139 Å². The summed E-state index contributed by atoms with van der Waals surface area (Å²) < 4.78 is 22.6. The Balaban J connectivity index is 1.93. The minimum Gasteiger partial charge on any atom is -0.367 e. The van der Waals surface area contributed by atoms with Crippen LogP contribution in [0.4, 0.5) is 0 Å². The van der Waals surface area contributed by atoms with Crippen molar-refractivity contribution in [2.24, 2.45) is 0 Å². The number of aliphatic hydroxyl groups is 1. The van der Waals surface area contributed by atoms with E-state index < -0.39 is 26.7 Å². The molecule has 1 fully saturated rings. The number of nitrogens with zero attached hydrogens (tertiary/aromatic N) is 1. The molecule has 0 aliphatic carbocycles. The zero-order valence-corrected chi connectivity index (χ0v) is 15.0. The van der Waals surface area contributed by atoms with E-state index in [1.54, 1.807) is 11.3 Å². The zero-order chi connectivity index (χ0) is 17.3. The van der Waals surface area contributed by atoms with E-state index in [2.05, 4.69) is 6.07 Å². The van der Waals surface area contributed by atoms with E-state index in [-0.39, 0.29) is 6.54 Å². The molecule has 1 aromatic heterocycles. The van der Waals surface area contributed by atoms with Gasteiger partial charge in [0.2, 0.25) is 0 Å². The minimum absolute atomic E-state index is 0.0177. The van der Waals surface area contributed by atoms with Crippen LogP contribution in [0.15, 0.2) is 17.5 Å². The Kier molecular flexibility index (Phi) is 5.89. The molecule has 2 rings (SSSR count). The predicted octanol–water partition coefficient (Wildman–Crippen LogP) is 1.32. The van der Waals surface area contributed by atoms with E-state index in [0.717, 1.165) is 12.8 Å². The second kappa shape index (κ2) is 7.04. The normalized spacial score (nSPS) is 19.2. The number of hydrogen-bond donors (Lipinski definition) is 5. The first-order valence-electron chi connectivity index (χ1n) is 7.14. The maximum atomic E-state index is 11.3. The summed E-state index contributed by atoms with van der Waals surface area (Å²) in [6.45, 7) is 1.33. The molecule has 0 aromatic carbocycles. The molecule has 0 unspecified atom stereocenters. The average Bonchev–Trinajstić information content (AvgIpc) is 2.97. The molecule has 5 N–H and O–H groups in total. The maximum absolute atomic E-state index is 11.3. The molecule has 11 heteroatoms. The lowest BCUT2D eigenvalue weighted by atomic mass is 9.95. The number of likely N-dealkylation sites (tertiary alicyclic amines) is 1. The molecule has 132 valence electrons. The van der Waals surface area contributed by atoms with E-state index in [1.807, 2.05) is 16.3 Å². The third kappa shape index (κ3) is 4.31. The Labute approximate surface area is 138 Å². The van der Waals surface area contributed by atoms with Gasteiger partial charge in [0.1, 0.15) is 0 Å². The minimum atomic E-state index is -5.36. The van der Waals surface area contributed by atoms with Gasteiger partial charge in [-0.3, -0.25) is 9.13 Å². The molecule has 0 spiro atoms. The predicted molar refractivity (Wildman–Crippen MR) is 86.4 cm³/mol. The van der Waals surface area contributed by atoms with Crippen LogP contribution in [0.1, 0.15) is 30.1 Å². The van der Waals surface area contributed by atoms with Crippen LogP contribution in [-0.2, 0) is 9.13 Å². The monoisotopic (exact) mass is 385 g/mol. The molecule has 23 heavy (non-hydrogen) atoms. The van der Waals surface area contributed by atoms with E-state index in [1.165, 1.54) is 4.88 Å². The Morgan fingerprint density at radius 2 is 1.74 bits per heavy atom. The number of hydrogen-bond acceptors (Lipinski definition) is 5. The molecular formula is C12H21NO7P2S. The fourth-order valence-corrected chi connectivity index (χ4v) is 5.77. The van der Waals surface area contributed by atoms with Gasteiger partial charge in [0.15, 0.2) is 0 Å². The Bertz CT molecular complexity index is 581. The van der Waals surface area contributed by atoms with Crippen LogP contribution in [0.5, 0.6) is 0 Å². The Hall–Kier alpha value is -0.0800. The van der Waals surface area contributed by atoms with Gasteiger partial charge in [-0.2, -0.15) is 0 Å². The van der Waals surface area contributed by atoms with Crippen molar-refractivity contribution in [2.75, 3.05) is 19.6 Å². The zero-order valence-electron chi connectivity index (χ0n) is 12.4. The van der Waals surface area contributed by atoms with Crippen molar-refractivity contribution in [1.29, 1.82) is 0 Å². The quantitative estimate of drug-likeness (QED) is 0.462. The van der Waals surface area contributed by atoms with Gasteiger partial charge in [0.05, 0.1) is 0 Å². The van der Waals surface area contributed by atoms with Gasteiger partial charge in [0, 0.05) is 17.8 Å². The van der Waals surface area contributed by atoms with Gasteiger partial charge < -0.3 is 29.6 Å². The van der Waals surface area contributed by atoms with Crippen molar-refractivity contribution in [3.8, 4) is 0 Å².